The summed E-state index contributed by atoms with van der Waals surface area (Å²) in [7, 11) is 0. The lowest BCUT2D eigenvalue weighted by molar-refractivity contribution is 0.661. The number of benzene rings is 7. The van der Waals surface area contributed by atoms with Gasteiger partial charge in [0.15, 0.2) is 0 Å². The van der Waals surface area contributed by atoms with Gasteiger partial charge in [-0.2, -0.15) is 0 Å². The predicted octanol–water partition coefficient (Wildman–Crippen LogP) is 13.6. The minimum absolute atomic E-state index is 0.0258. The summed E-state index contributed by atoms with van der Waals surface area (Å²) in [6.07, 6.45) is 10.4. The van der Waals surface area contributed by atoms with E-state index in [9.17, 15) is 0 Å². The highest BCUT2D eigenvalue weighted by Crippen LogP contribution is 2.44. The van der Waals surface area contributed by atoms with Gasteiger partial charge in [-0.25, -0.2) is 0 Å². The molecule has 0 aliphatic heterocycles. The van der Waals surface area contributed by atoms with Crippen molar-refractivity contribution in [3.63, 3.8) is 0 Å². The van der Waals surface area contributed by atoms with Crippen LogP contribution in [0.3, 0.4) is 0 Å². The normalized spacial score (nSPS) is 13.2. The Morgan fingerprint density at radius 2 is 1.12 bits per heavy atom. The molecular formula is C49H34N2O. The topological polar surface area (TPSA) is 38.9 Å². The lowest BCUT2D eigenvalue weighted by Crippen LogP contribution is -1.98. The maximum Gasteiger partial charge on any atom is 0.139 e. The van der Waals surface area contributed by atoms with Gasteiger partial charge in [-0.05, 0) is 74.6 Å². The summed E-state index contributed by atoms with van der Waals surface area (Å²) in [6, 6.07) is 47.6. The smallest absolute Gasteiger partial charge is 0.139 e. The van der Waals surface area contributed by atoms with E-state index in [0.29, 0.717) is 0 Å². The number of rotatable bonds is 5. The molecule has 0 bridgehead atoms. The summed E-state index contributed by atoms with van der Waals surface area (Å²) in [5, 5.41) is 12.0. The average Bonchev–Trinajstić information content (AvgIpc) is 3.57. The van der Waals surface area contributed by atoms with Gasteiger partial charge in [-0.15, -0.1) is 0 Å². The molecule has 7 aromatic carbocycles. The zero-order valence-electron chi connectivity index (χ0n) is 29.0. The van der Waals surface area contributed by atoms with Gasteiger partial charge in [0.1, 0.15) is 11.2 Å². The van der Waals surface area contributed by atoms with E-state index >= 15 is 0 Å². The van der Waals surface area contributed by atoms with Gasteiger partial charge in [0.25, 0.3) is 0 Å². The van der Waals surface area contributed by atoms with E-state index in [4.69, 9.17) is 14.4 Å². The molecule has 0 aliphatic rings. The Bertz CT molecular complexity index is 3040. The van der Waals surface area contributed by atoms with Crippen molar-refractivity contribution in [2.24, 2.45) is 0 Å². The third-order valence-electron chi connectivity index (χ3n) is 10.6. The molecule has 52 heavy (non-hydrogen) atoms. The van der Waals surface area contributed by atoms with Crippen LogP contribution in [0.2, 0.25) is 0 Å². The third kappa shape index (κ3) is 4.59. The van der Waals surface area contributed by atoms with Crippen molar-refractivity contribution in [3.8, 4) is 11.1 Å². The van der Waals surface area contributed by atoms with E-state index in [0.717, 1.165) is 71.6 Å². The second-order valence-electron chi connectivity index (χ2n) is 13.6. The van der Waals surface area contributed by atoms with Crippen LogP contribution in [-0.2, 0) is 0 Å². The van der Waals surface area contributed by atoms with Crippen molar-refractivity contribution in [1.29, 1.82) is 0 Å². The summed E-state index contributed by atoms with van der Waals surface area (Å²) in [5.41, 5.74) is 9.29. The molecule has 0 spiro atoms. The molecule has 0 unspecified atom stereocenters. The Morgan fingerprint density at radius 1 is 0.558 bits per heavy atom. The minimum Gasteiger partial charge on any atom is -0.456 e. The highest BCUT2D eigenvalue weighted by molar-refractivity contribution is 6.28. The Morgan fingerprint density at radius 3 is 1.75 bits per heavy atom. The molecule has 0 radical (unpaired) electrons. The van der Waals surface area contributed by atoms with Crippen molar-refractivity contribution < 1.29 is 4.42 Å². The van der Waals surface area contributed by atoms with E-state index in [1.54, 1.807) is 0 Å². The highest BCUT2D eigenvalue weighted by Gasteiger charge is 2.21. The standard InChI is InChI=1S/C49H34N2O/c1-3-14-32(46-47-39(23-12-25-50-47)45(31-15-5-4-6-16-31)40-24-13-26-51-48(40)46)27-30(2)33-21-11-22-38-43-28-41-36-19-9-7-17-34(36)35-18-8-10-20-37(35)42(41)29-44(43)52-49(33)38/h3-30H,1-2H3/b14-3-,32-27+/t30-/m0/s1. The van der Waals surface area contributed by atoms with Gasteiger partial charge >= 0.3 is 0 Å². The summed E-state index contributed by atoms with van der Waals surface area (Å²) >= 11 is 0. The summed E-state index contributed by atoms with van der Waals surface area (Å²) in [5.74, 6) is 0.0258. The lowest BCUT2D eigenvalue weighted by atomic mass is 9.88. The maximum atomic E-state index is 6.85. The molecule has 0 amide bonds. The van der Waals surface area contributed by atoms with Crippen LogP contribution >= 0.6 is 0 Å². The molecule has 10 aromatic rings. The van der Waals surface area contributed by atoms with E-state index in [1.807, 2.05) is 24.5 Å². The number of furan rings is 1. The van der Waals surface area contributed by atoms with Gasteiger partial charge in [0.05, 0.1) is 11.0 Å². The molecule has 0 fully saturated rings. The van der Waals surface area contributed by atoms with Crippen molar-refractivity contribution in [3.05, 3.63) is 175 Å². The van der Waals surface area contributed by atoms with Crippen molar-refractivity contribution >= 4 is 81.6 Å². The van der Waals surface area contributed by atoms with Crippen LogP contribution in [0.5, 0.6) is 0 Å². The number of pyridine rings is 2. The summed E-state index contributed by atoms with van der Waals surface area (Å²) in [6.45, 7) is 4.33. The molecule has 0 saturated carbocycles. The Kier molecular flexibility index (Phi) is 7.00. The van der Waals surface area contributed by atoms with Gasteiger partial charge in [-0.1, -0.05) is 134 Å². The molecule has 246 valence electrons. The first-order valence-electron chi connectivity index (χ1n) is 17.9. The van der Waals surface area contributed by atoms with E-state index < -0.39 is 0 Å². The zero-order chi connectivity index (χ0) is 34.8. The first-order valence-corrected chi connectivity index (χ1v) is 17.9. The molecule has 0 saturated heterocycles. The van der Waals surface area contributed by atoms with Crippen LogP contribution in [0, 0.1) is 0 Å². The largest absolute Gasteiger partial charge is 0.456 e. The number of nitrogens with zero attached hydrogens (tertiary/aromatic N) is 2. The molecule has 1 atom stereocenters. The number of allylic oxidation sites excluding steroid dienone is 4. The lowest BCUT2D eigenvalue weighted by Gasteiger charge is -2.17. The molecule has 3 nitrogen and oxygen atoms in total. The van der Waals surface area contributed by atoms with Crippen molar-refractivity contribution in [2.75, 3.05) is 0 Å². The monoisotopic (exact) mass is 666 g/mol. The Labute approximate surface area is 301 Å². The molecule has 10 rings (SSSR count). The van der Waals surface area contributed by atoms with E-state index in [1.165, 1.54) is 32.3 Å². The molecule has 0 N–H and O–H groups in total. The molecular weight excluding hydrogens is 633 g/mol. The predicted molar refractivity (Wildman–Crippen MR) is 220 cm³/mol. The van der Waals surface area contributed by atoms with E-state index in [-0.39, 0.29) is 5.92 Å². The van der Waals surface area contributed by atoms with Gasteiger partial charge < -0.3 is 4.42 Å². The quantitative estimate of drug-likeness (QED) is 0.104. The molecule has 3 heteroatoms. The Balaban J connectivity index is 1.19. The Hall–Kier alpha value is -6.58. The van der Waals surface area contributed by atoms with Crippen LogP contribution in [0.4, 0.5) is 0 Å². The first-order chi connectivity index (χ1) is 25.7. The SMILES string of the molecule is C/C=C\C(=C/[C@H](C)c1cccc2c1oc1cc3c4ccccc4c4ccccc4c3cc12)c1c2ncccc2c(-c2ccccc2)c2cccnc12. The summed E-state index contributed by atoms with van der Waals surface area (Å²) in [4.78, 5) is 10.0. The average molecular weight is 667 g/mol. The number of fused-ring (bicyclic) bond motifs is 11. The first kappa shape index (κ1) is 30.3. The van der Waals surface area contributed by atoms with Crippen LogP contribution in [0.15, 0.2) is 168 Å². The summed E-state index contributed by atoms with van der Waals surface area (Å²) < 4.78 is 6.85. The fourth-order valence-corrected chi connectivity index (χ4v) is 8.40. The second-order valence-corrected chi connectivity index (χ2v) is 13.6. The fraction of sp³-hybridized carbons (Fsp3) is 0.0612. The van der Waals surface area contributed by atoms with Crippen LogP contribution in [-0.4, -0.2) is 9.97 Å². The fourth-order valence-electron chi connectivity index (χ4n) is 8.40. The van der Waals surface area contributed by atoms with Crippen molar-refractivity contribution in [2.45, 2.75) is 19.8 Å². The van der Waals surface area contributed by atoms with Crippen LogP contribution < -0.4 is 0 Å². The number of aromatic nitrogens is 2. The highest BCUT2D eigenvalue weighted by atomic mass is 16.3. The van der Waals surface area contributed by atoms with Gasteiger partial charge in [-0.3, -0.25) is 9.97 Å². The van der Waals surface area contributed by atoms with Crippen LogP contribution in [0.25, 0.3) is 92.8 Å². The zero-order valence-corrected chi connectivity index (χ0v) is 29.0. The maximum absolute atomic E-state index is 6.85. The van der Waals surface area contributed by atoms with Gasteiger partial charge in [0, 0.05) is 56.5 Å². The van der Waals surface area contributed by atoms with Crippen molar-refractivity contribution in [1.82, 2.24) is 9.97 Å². The second kappa shape index (κ2) is 12.0. The molecule has 0 aliphatic carbocycles. The molecule has 3 aromatic heterocycles. The number of hydrogen-bond acceptors (Lipinski definition) is 3. The number of para-hydroxylation sites is 1. The number of hydrogen-bond donors (Lipinski definition) is 0. The van der Waals surface area contributed by atoms with E-state index in [2.05, 4.69) is 153 Å². The minimum atomic E-state index is 0.0258. The molecule has 3 heterocycles. The van der Waals surface area contributed by atoms with Crippen LogP contribution in [0.1, 0.15) is 30.9 Å². The van der Waals surface area contributed by atoms with Gasteiger partial charge in [0.2, 0.25) is 0 Å². The third-order valence-corrected chi connectivity index (χ3v) is 10.6.